The minimum absolute atomic E-state index is 0.0227. The summed E-state index contributed by atoms with van der Waals surface area (Å²) in [5.41, 5.74) is 2.08. The van der Waals surface area contributed by atoms with E-state index in [2.05, 4.69) is 23.2 Å². The van der Waals surface area contributed by atoms with Crippen molar-refractivity contribution in [3.63, 3.8) is 0 Å². The van der Waals surface area contributed by atoms with Gasteiger partial charge in [0.25, 0.3) is 0 Å². The van der Waals surface area contributed by atoms with E-state index in [0.29, 0.717) is 25.2 Å². The highest BCUT2D eigenvalue weighted by molar-refractivity contribution is 5.92. The van der Waals surface area contributed by atoms with Crippen LogP contribution >= 0.6 is 0 Å². The van der Waals surface area contributed by atoms with Crippen LogP contribution < -0.4 is 5.32 Å². The van der Waals surface area contributed by atoms with E-state index >= 15 is 0 Å². The zero-order chi connectivity index (χ0) is 14.8. The SMILES string of the molecule is CCc1cccc(NC(=O)CN2C3CCC2CC(=O)C3)c1. The number of Topliss-reactive ketones (excluding diaryl/α,β-unsaturated/α-hetero) is 1. The lowest BCUT2D eigenvalue weighted by molar-refractivity contribution is -0.126. The van der Waals surface area contributed by atoms with Crippen LogP contribution in [0.4, 0.5) is 5.69 Å². The Labute approximate surface area is 125 Å². The Hall–Kier alpha value is -1.68. The molecule has 2 heterocycles. The molecule has 0 spiro atoms. The van der Waals surface area contributed by atoms with Gasteiger partial charge in [0.1, 0.15) is 5.78 Å². The summed E-state index contributed by atoms with van der Waals surface area (Å²) in [5.74, 6) is 0.379. The van der Waals surface area contributed by atoms with Crippen molar-refractivity contribution >= 4 is 17.4 Å². The highest BCUT2D eigenvalue weighted by Crippen LogP contribution is 2.33. The third-order valence-electron chi connectivity index (χ3n) is 4.64. The molecule has 21 heavy (non-hydrogen) atoms. The second kappa shape index (κ2) is 5.98. The van der Waals surface area contributed by atoms with Crippen LogP contribution in [0.2, 0.25) is 0 Å². The third kappa shape index (κ3) is 3.16. The number of hydrogen-bond donors (Lipinski definition) is 1. The zero-order valence-corrected chi connectivity index (χ0v) is 12.5. The van der Waals surface area contributed by atoms with Gasteiger partial charge in [-0.2, -0.15) is 0 Å². The number of carbonyl (C=O) groups is 2. The molecule has 1 aromatic carbocycles. The number of anilines is 1. The fourth-order valence-corrected chi connectivity index (χ4v) is 3.56. The van der Waals surface area contributed by atoms with Crippen LogP contribution in [0.3, 0.4) is 0 Å². The number of fused-ring (bicyclic) bond motifs is 2. The first-order chi connectivity index (χ1) is 10.2. The minimum atomic E-state index is 0.0227. The van der Waals surface area contributed by atoms with Crippen molar-refractivity contribution in [3.05, 3.63) is 29.8 Å². The maximum Gasteiger partial charge on any atom is 0.238 e. The zero-order valence-electron chi connectivity index (χ0n) is 12.5. The summed E-state index contributed by atoms with van der Waals surface area (Å²) < 4.78 is 0. The highest BCUT2D eigenvalue weighted by atomic mass is 16.2. The number of nitrogens with zero attached hydrogens (tertiary/aromatic N) is 1. The van der Waals surface area contributed by atoms with Gasteiger partial charge in [-0.25, -0.2) is 0 Å². The molecule has 4 heteroatoms. The number of ketones is 1. The molecule has 2 fully saturated rings. The number of benzene rings is 1. The van der Waals surface area contributed by atoms with Gasteiger partial charge < -0.3 is 5.32 Å². The molecule has 2 bridgehead atoms. The predicted molar refractivity (Wildman–Crippen MR) is 82.2 cm³/mol. The van der Waals surface area contributed by atoms with Crippen LogP contribution in [0.5, 0.6) is 0 Å². The first-order valence-corrected chi connectivity index (χ1v) is 7.82. The van der Waals surface area contributed by atoms with E-state index in [4.69, 9.17) is 0 Å². The van der Waals surface area contributed by atoms with Crippen LogP contribution in [0.1, 0.15) is 38.2 Å². The number of amides is 1. The van der Waals surface area contributed by atoms with Crippen molar-refractivity contribution in [3.8, 4) is 0 Å². The van der Waals surface area contributed by atoms with Gasteiger partial charge in [0.05, 0.1) is 6.54 Å². The lowest BCUT2D eigenvalue weighted by Crippen LogP contribution is -2.46. The van der Waals surface area contributed by atoms with Crippen molar-refractivity contribution < 1.29 is 9.59 Å². The summed E-state index contributed by atoms with van der Waals surface area (Å²) in [4.78, 5) is 26.1. The number of rotatable bonds is 4. The van der Waals surface area contributed by atoms with Crippen LogP contribution in [-0.4, -0.2) is 35.2 Å². The number of hydrogen-bond acceptors (Lipinski definition) is 3. The van der Waals surface area contributed by atoms with Gasteiger partial charge in [-0.05, 0) is 37.0 Å². The van der Waals surface area contributed by atoms with Crippen molar-refractivity contribution in [2.75, 3.05) is 11.9 Å². The smallest absolute Gasteiger partial charge is 0.238 e. The molecule has 1 N–H and O–H groups in total. The monoisotopic (exact) mass is 286 g/mol. The molecule has 1 aromatic rings. The molecule has 0 radical (unpaired) electrons. The summed E-state index contributed by atoms with van der Waals surface area (Å²) in [6, 6.07) is 8.54. The molecule has 1 amide bonds. The van der Waals surface area contributed by atoms with Gasteiger partial charge in [-0.3, -0.25) is 14.5 Å². The quantitative estimate of drug-likeness (QED) is 0.924. The maximum absolute atomic E-state index is 12.2. The van der Waals surface area contributed by atoms with Crippen molar-refractivity contribution in [1.29, 1.82) is 0 Å². The Morgan fingerprint density at radius 2 is 2.00 bits per heavy atom. The van der Waals surface area contributed by atoms with E-state index in [0.717, 1.165) is 24.9 Å². The Bertz CT molecular complexity index is 539. The van der Waals surface area contributed by atoms with Gasteiger partial charge in [-0.15, -0.1) is 0 Å². The molecule has 2 unspecified atom stereocenters. The Morgan fingerprint density at radius 1 is 1.29 bits per heavy atom. The van der Waals surface area contributed by atoms with Crippen LogP contribution in [0.15, 0.2) is 24.3 Å². The van der Waals surface area contributed by atoms with E-state index in [1.807, 2.05) is 18.2 Å². The lowest BCUT2D eigenvalue weighted by atomic mass is 10.0. The van der Waals surface area contributed by atoms with E-state index in [1.54, 1.807) is 0 Å². The highest BCUT2D eigenvalue weighted by Gasteiger charge is 2.40. The predicted octanol–water partition coefficient (Wildman–Crippen LogP) is 2.38. The van der Waals surface area contributed by atoms with Crippen LogP contribution in [-0.2, 0) is 16.0 Å². The minimum Gasteiger partial charge on any atom is -0.325 e. The van der Waals surface area contributed by atoms with E-state index in [-0.39, 0.29) is 18.0 Å². The molecule has 0 saturated carbocycles. The van der Waals surface area contributed by atoms with Crippen LogP contribution in [0.25, 0.3) is 0 Å². The molecule has 2 aliphatic rings. The average molecular weight is 286 g/mol. The third-order valence-corrected chi connectivity index (χ3v) is 4.64. The summed E-state index contributed by atoms with van der Waals surface area (Å²) in [6.07, 6.45) is 4.30. The van der Waals surface area contributed by atoms with E-state index in [9.17, 15) is 9.59 Å². The first kappa shape index (κ1) is 14.3. The van der Waals surface area contributed by atoms with Gasteiger partial charge in [0.15, 0.2) is 0 Å². The lowest BCUT2D eigenvalue weighted by Gasteiger charge is -2.33. The Kier molecular flexibility index (Phi) is 4.06. The van der Waals surface area contributed by atoms with Gasteiger partial charge in [0.2, 0.25) is 5.91 Å². The van der Waals surface area contributed by atoms with Gasteiger partial charge in [0, 0.05) is 30.6 Å². The molecular formula is C17H22N2O2. The van der Waals surface area contributed by atoms with Gasteiger partial charge >= 0.3 is 0 Å². The average Bonchev–Trinajstić information content (AvgIpc) is 2.70. The topological polar surface area (TPSA) is 49.4 Å². The molecule has 2 saturated heterocycles. The standard InChI is InChI=1S/C17H22N2O2/c1-2-12-4-3-5-13(8-12)18-17(21)11-19-14-6-7-15(19)10-16(20)9-14/h3-5,8,14-15H,2,6-7,9-11H2,1H3,(H,18,21). The molecular weight excluding hydrogens is 264 g/mol. The maximum atomic E-state index is 12.2. The number of carbonyl (C=O) groups excluding carboxylic acids is 2. The second-order valence-electron chi connectivity index (χ2n) is 6.11. The number of aryl methyl sites for hydroxylation is 1. The molecule has 112 valence electrons. The fourth-order valence-electron chi connectivity index (χ4n) is 3.56. The van der Waals surface area contributed by atoms with Crippen molar-refractivity contribution in [2.24, 2.45) is 0 Å². The molecule has 3 rings (SSSR count). The fraction of sp³-hybridized carbons (Fsp3) is 0.529. The van der Waals surface area contributed by atoms with Crippen molar-refractivity contribution in [1.82, 2.24) is 4.90 Å². The molecule has 2 atom stereocenters. The normalized spacial score (nSPS) is 25.1. The molecule has 4 nitrogen and oxygen atoms in total. The summed E-state index contributed by atoms with van der Waals surface area (Å²) in [6.45, 7) is 2.50. The summed E-state index contributed by atoms with van der Waals surface area (Å²) in [5, 5.41) is 2.98. The second-order valence-corrected chi connectivity index (χ2v) is 6.11. The van der Waals surface area contributed by atoms with Gasteiger partial charge in [-0.1, -0.05) is 19.1 Å². The van der Waals surface area contributed by atoms with E-state index in [1.165, 1.54) is 5.56 Å². The Morgan fingerprint density at radius 3 is 2.67 bits per heavy atom. The summed E-state index contributed by atoms with van der Waals surface area (Å²) >= 11 is 0. The van der Waals surface area contributed by atoms with Crippen LogP contribution in [0, 0.1) is 0 Å². The first-order valence-electron chi connectivity index (χ1n) is 7.82. The largest absolute Gasteiger partial charge is 0.325 e. The van der Waals surface area contributed by atoms with E-state index < -0.39 is 0 Å². The Balaban J connectivity index is 1.60. The number of nitrogens with one attached hydrogen (secondary N) is 1. The molecule has 0 aliphatic carbocycles. The molecule has 2 aliphatic heterocycles. The summed E-state index contributed by atoms with van der Waals surface area (Å²) in [7, 11) is 0. The number of piperidine rings is 1. The van der Waals surface area contributed by atoms with Crippen molar-refractivity contribution in [2.45, 2.75) is 51.1 Å². The molecule has 0 aromatic heterocycles.